The van der Waals surface area contributed by atoms with Crippen LogP contribution >= 0.6 is 0 Å². The molecule has 0 spiro atoms. The minimum atomic E-state index is -0.100. The SMILES string of the molecule is CC(C)=C1Oc2cc(OCCCN3CCC(NC(=O)c4ccccc4N)CC3)ccc2C1=O. The van der Waals surface area contributed by atoms with Gasteiger partial charge in [0.1, 0.15) is 11.5 Å². The van der Waals surface area contributed by atoms with E-state index in [2.05, 4.69) is 10.2 Å². The van der Waals surface area contributed by atoms with Crippen molar-refractivity contribution in [3.05, 3.63) is 64.9 Å². The van der Waals surface area contributed by atoms with Gasteiger partial charge in [0.25, 0.3) is 5.91 Å². The summed E-state index contributed by atoms with van der Waals surface area (Å²) in [6, 6.07) is 12.7. The number of nitrogen functional groups attached to an aromatic ring is 1. The number of rotatable bonds is 7. The van der Waals surface area contributed by atoms with Gasteiger partial charge in [0.2, 0.25) is 5.78 Å². The van der Waals surface area contributed by atoms with Gasteiger partial charge < -0.3 is 25.4 Å². The molecule has 0 unspecified atom stereocenters. The summed E-state index contributed by atoms with van der Waals surface area (Å²) >= 11 is 0. The van der Waals surface area contributed by atoms with Gasteiger partial charge in [-0.3, -0.25) is 9.59 Å². The number of carbonyl (C=O) groups is 2. The van der Waals surface area contributed by atoms with E-state index in [4.69, 9.17) is 15.2 Å². The van der Waals surface area contributed by atoms with Crippen LogP contribution in [-0.4, -0.2) is 48.9 Å². The van der Waals surface area contributed by atoms with Crippen molar-refractivity contribution in [1.82, 2.24) is 10.2 Å². The molecule has 2 heterocycles. The number of ketones is 1. The zero-order valence-corrected chi connectivity index (χ0v) is 19.2. The first-order valence-electron chi connectivity index (χ1n) is 11.5. The summed E-state index contributed by atoms with van der Waals surface area (Å²) in [4.78, 5) is 27.1. The van der Waals surface area contributed by atoms with E-state index in [1.54, 1.807) is 24.3 Å². The van der Waals surface area contributed by atoms with Crippen LogP contribution in [-0.2, 0) is 0 Å². The molecule has 1 fully saturated rings. The summed E-state index contributed by atoms with van der Waals surface area (Å²) in [5, 5.41) is 3.11. The van der Waals surface area contributed by atoms with Crippen LogP contribution in [0.25, 0.3) is 0 Å². The van der Waals surface area contributed by atoms with E-state index in [0.29, 0.717) is 40.7 Å². The van der Waals surface area contributed by atoms with Crippen molar-refractivity contribution in [2.75, 3.05) is 32.0 Å². The molecule has 0 aliphatic carbocycles. The Labute approximate surface area is 194 Å². The van der Waals surface area contributed by atoms with E-state index < -0.39 is 0 Å². The van der Waals surface area contributed by atoms with Crippen LogP contribution in [0, 0.1) is 0 Å². The lowest BCUT2D eigenvalue weighted by Gasteiger charge is -2.32. The first kappa shape index (κ1) is 22.9. The van der Waals surface area contributed by atoms with Crippen LogP contribution in [0.4, 0.5) is 5.69 Å². The van der Waals surface area contributed by atoms with Crippen molar-refractivity contribution >= 4 is 17.4 Å². The molecule has 2 aliphatic heterocycles. The van der Waals surface area contributed by atoms with E-state index in [1.807, 2.05) is 32.0 Å². The van der Waals surface area contributed by atoms with Crippen molar-refractivity contribution in [3.8, 4) is 11.5 Å². The average Bonchev–Trinajstić information content (AvgIpc) is 3.14. The minimum Gasteiger partial charge on any atom is -0.493 e. The van der Waals surface area contributed by atoms with E-state index in [9.17, 15) is 9.59 Å². The third-order valence-corrected chi connectivity index (χ3v) is 6.09. The summed E-state index contributed by atoms with van der Waals surface area (Å²) in [6.07, 6.45) is 2.73. The smallest absolute Gasteiger partial charge is 0.253 e. The van der Waals surface area contributed by atoms with Crippen molar-refractivity contribution in [2.24, 2.45) is 0 Å². The summed E-state index contributed by atoms with van der Waals surface area (Å²) in [5.74, 6) is 1.52. The fraction of sp³-hybridized carbons (Fsp3) is 0.385. The van der Waals surface area contributed by atoms with Gasteiger partial charge in [0, 0.05) is 37.4 Å². The van der Waals surface area contributed by atoms with Gasteiger partial charge in [-0.1, -0.05) is 12.1 Å². The Bertz CT molecular complexity index is 1070. The summed E-state index contributed by atoms with van der Waals surface area (Å²) in [5.41, 5.74) is 8.40. The topological polar surface area (TPSA) is 93.9 Å². The van der Waals surface area contributed by atoms with E-state index >= 15 is 0 Å². The Morgan fingerprint density at radius 1 is 1.18 bits per heavy atom. The van der Waals surface area contributed by atoms with Crippen molar-refractivity contribution < 1.29 is 19.1 Å². The lowest BCUT2D eigenvalue weighted by molar-refractivity contribution is 0.0910. The molecule has 0 saturated carbocycles. The second kappa shape index (κ2) is 10.1. The molecule has 0 radical (unpaired) electrons. The van der Waals surface area contributed by atoms with E-state index in [-0.39, 0.29) is 17.7 Å². The van der Waals surface area contributed by atoms with Crippen LogP contribution < -0.4 is 20.5 Å². The number of allylic oxidation sites excluding steroid dienone is 2. The molecule has 0 aromatic heterocycles. The number of Topliss-reactive ketones (excluding diaryl/α,β-unsaturated/α-hetero) is 1. The first-order valence-corrected chi connectivity index (χ1v) is 11.5. The van der Waals surface area contributed by atoms with Gasteiger partial charge in [-0.2, -0.15) is 0 Å². The molecule has 0 bridgehead atoms. The number of hydrogen-bond acceptors (Lipinski definition) is 6. The maximum Gasteiger partial charge on any atom is 0.253 e. The zero-order chi connectivity index (χ0) is 23.4. The number of hydrogen-bond donors (Lipinski definition) is 2. The number of nitrogens with two attached hydrogens (primary N) is 1. The predicted molar refractivity (Wildman–Crippen MR) is 128 cm³/mol. The number of nitrogens with zero attached hydrogens (tertiary/aromatic N) is 1. The van der Waals surface area contributed by atoms with Gasteiger partial charge >= 0.3 is 0 Å². The van der Waals surface area contributed by atoms with Crippen LogP contribution in [0.5, 0.6) is 11.5 Å². The molecule has 0 atom stereocenters. The quantitative estimate of drug-likeness (QED) is 0.379. The number of carbonyl (C=O) groups excluding carboxylic acids is 2. The van der Waals surface area contributed by atoms with Gasteiger partial charge in [0.15, 0.2) is 5.76 Å². The molecule has 2 aromatic carbocycles. The molecule has 174 valence electrons. The average molecular weight is 450 g/mol. The largest absolute Gasteiger partial charge is 0.493 e. The molecule has 7 heteroatoms. The highest BCUT2D eigenvalue weighted by Crippen LogP contribution is 2.35. The zero-order valence-electron chi connectivity index (χ0n) is 19.2. The second-order valence-corrected chi connectivity index (χ2v) is 8.80. The van der Waals surface area contributed by atoms with Crippen LogP contribution in [0.15, 0.2) is 53.8 Å². The number of para-hydroxylation sites is 1. The highest BCUT2D eigenvalue weighted by atomic mass is 16.5. The molecule has 1 amide bonds. The molecule has 2 aliphatic rings. The fourth-order valence-corrected chi connectivity index (χ4v) is 4.22. The molecule has 4 rings (SSSR count). The van der Waals surface area contributed by atoms with Crippen molar-refractivity contribution in [1.29, 1.82) is 0 Å². The number of anilines is 1. The number of likely N-dealkylation sites (tertiary alicyclic amines) is 1. The summed E-state index contributed by atoms with van der Waals surface area (Å²) in [7, 11) is 0. The molecule has 1 saturated heterocycles. The molecule has 2 aromatic rings. The minimum absolute atomic E-state index is 0.0663. The van der Waals surface area contributed by atoms with Gasteiger partial charge in [0.05, 0.1) is 17.7 Å². The van der Waals surface area contributed by atoms with E-state index in [1.165, 1.54) is 0 Å². The van der Waals surface area contributed by atoms with Gasteiger partial charge in [-0.05, 0) is 62.9 Å². The third-order valence-electron chi connectivity index (χ3n) is 6.09. The molecule has 3 N–H and O–H groups in total. The first-order chi connectivity index (χ1) is 15.9. The standard InChI is InChI=1S/C26H31N3O4/c1-17(2)25-24(30)21-9-8-19(16-23(21)33-25)32-15-5-12-29-13-10-18(11-14-29)28-26(31)20-6-3-4-7-22(20)27/h3-4,6-9,16,18H,5,10-15,27H2,1-2H3,(H,28,31). The van der Waals surface area contributed by atoms with E-state index in [0.717, 1.165) is 44.5 Å². The lowest BCUT2D eigenvalue weighted by atomic mass is 10.0. The number of amides is 1. The van der Waals surface area contributed by atoms with Crippen molar-refractivity contribution in [2.45, 2.75) is 39.2 Å². The normalized spacial score (nSPS) is 16.3. The molecule has 33 heavy (non-hydrogen) atoms. The van der Waals surface area contributed by atoms with Gasteiger partial charge in [-0.15, -0.1) is 0 Å². The Kier molecular flexibility index (Phi) is 6.99. The van der Waals surface area contributed by atoms with Crippen LogP contribution in [0.2, 0.25) is 0 Å². The number of benzene rings is 2. The molecule has 7 nitrogen and oxygen atoms in total. The highest BCUT2D eigenvalue weighted by Gasteiger charge is 2.28. The second-order valence-electron chi connectivity index (χ2n) is 8.80. The fourth-order valence-electron chi connectivity index (χ4n) is 4.22. The number of piperidine rings is 1. The Morgan fingerprint density at radius 2 is 1.94 bits per heavy atom. The van der Waals surface area contributed by atoms with Gasteiger partial charge in [-0.25, -0.2) is 0 Å². The van der Waals surface area contributed by atoms with Crippen LogP contribution in [0.3, 0.4) is 0 Å². The number of nitrogens with one attached hydrogen (secondary N) is 1. The third kappa shape index (κ3) is 5.37. The Balaban J connectivity index is 1.17. The lowest BCUT2D eigenvalue weighted by Crippen LogP contribution is -2.45. The highest BCUT2D eigenvalue weighted by molar-refractivity contribution is 6.12. The number of fused-ring (bicyclic) bond motifs is 1. The maximum absolute atomic E-state index is 12.4. The number of ether oxygens (including phenoxy) is 2. The Hall–Kier alpha value is -3.32. The molecular weight excluding hydrogens is 418 g/mol. The molecular formula is C26H31N3O4. The monoisotopic (exact) mass is 449 g/mol. The van der Waals surface area contributed by atoms with Crippen molar-refractivity contribution in [3.63, 3.8) is 0 Å². The van der Waals surface area contributed by atoms with Crippen LogP contribution in [0.1, 0.15) is 53.8 Å². The maximum atomic E-state index is 12.4. The Morgan fingerprint density at radius 3 is 2.67 bits per heavy atom. The summed E-state index contributed by atoms with van der Waals surface area (Å²) < 4.78 is 11.6. The predicted octanol–water partition coefficient (Wildman–Crippen LogP) is 3.80. The summed E-state index contributed by atoms with van der Waals surface area (Å²) in [6.45, 7) is 7.14.